The maximum Gasteiger partial charge on any atom is 0.306 e. The molecule has 32 heavy (non-hydrogen) atoms. The second-order valence-electron chi connectivity index (χ2n) is 8.35. The number of hydrogen-bond donors (Lipinski definition) is 1. The third kappa shape index (κ3) is 4.66. The number of hydrogen-bond acceptors (Lipinski definition) is 5. The highest BCUT2D eigenvalue weighted by Crippen LogP contribution is 2.34. The molecule has 4 rings (SSSR count). The van der Waals surface area contributed by atoms with Crippen LogP contribution in [0, 0.1) is 5.92 Å². The summed E-state index contributed by atoms with van der Waals surface area (Å²) in [6.07, 6.45) is 1.11. The maximum absolute atomic E-state index is 12.5. The van der Waals surface area contributed by atoms with Gasteiger partial charge in [0.15, 0.2) is 11.0 Å². The minimum absolute atomic E-state index is 0.00530. The molecule has 1 aliphatic rings. The van der Waals surface area contributed by atoms with E-state index in [0.717, 1.165) is 16.9 Å². The SMILES string of the molecule is CC(C)c1cc(-c2cc(=O)c3cccc(Cl)c3o2)ccc1OCCOC1CC(C(=O)O)C1. The summed E-state index contributed by atoms with van der Waals surface area (Å²) in [5.41, 5.74) is 1.99. The van der Waals surface area contributed by atoms with Crippen molar-refractivity contribution in [3.05, 3.63) is 63.3 Å². The predicted molar refractivity (Wildman–Crippen MR) is 123 cm³/mol. The van der Waals surface area contributed by atoms with E-state index in [1.54, 1.807) is 18.2 Å². The lowest BCUT2D eigenvalue weighted by molar-refractivity contribution is -0.151. The molecule has 1 aliphatic carbocycles. The van der Waals surface area contributed by atoms with Gasteiger partial charge in [-0.3, -0.25) is 9.59 Å². The molecule has 1 N–H and O–H groups in total. The van der Waals surface area contributed by atoms with E-state index in [-0.39, 0.29) is 23.4 Å². The van der Waals surface area contributed by atoms with Crippen molar-refractivity contribution in [3.8, 4) is 17.1 Å². The van der Waals surface area contributed by atoms with Crippen LogP contribution in [0.5, 0.6) is 5.75 Å². The van der Waals surface area contributed by atoms with E-state index in [2.05, 4.69) is 13.8 Å². The number of carbonyl (C=O) groups is 1. The Kier molecular flexibility index (Phi) is 6.53. The zero-order chi connectivity index (χ0) is 22.8. The van der Waals surface area contributed by atoms with Gasteiger partial charge in [0.05, 0.1) is 29.0 Å². The first-order valence-electron chi connectivity index (χ1n) is 10.7. The fourth-order valence-electron chi connectivity index (χ4n) is 3.84. The lowest BCUT2D eigenvalue weighted by atomic mass is 9.82. The predicted octanol–water partition coefficient (Wildman–Crippen LogP) is 5.50. The zero-order valence-electron chi connectivity index (χ0n) is 18.0. The Labute approximate surface area is 190 Å². The largest absolute Gasteiger partial charge is 0.491 e. The van der Waals surface area contributed by atoms with E-state index in [1.807, 2.05) is 18.2 Å². The molecule has 0 aliphatic heterocycles. The number of para-hydroxylation sites is 1. The highest BCUT2D eigenvalue weighted by atomic mass is 35.5. The highest BCUT2D eigenvalue weighted by Gasteiger charge is 2.34. The molecule has 6 nitrogen and oxygen atoms in total. The third-order valence-corrected chi connectivity index (χ3v) is 6.06. The lowest BCUT2D eigenvalue weighted by Gasteiger charge is -2.32. The van der Waals surface area contributed by atoms with E-state index >= 15 is 0 Å². The number of ether oxygens (including phenoxy) is 2. The summed E-state index contributed by atoms with van der Waals surface area (Å²) in [5, 5.41) is 9.77. The van der Waals surface area contributed by atoms with Gasteiger partial charge in [0.1, 0.15) is 18.1 Å². The van der Waals surface area contributed by atoms with Crippen molar-refractivity contribution in [1.82, 2.24) is 0 Å². The summed E-state index contributed by atoms with van der Waals surface area (Å²) in [6.45, 7) is 4.90. The van der Waals surface area contributed by atoms with Crippen molar-refractivity contribution >= 4 is 28.5 Å². The van der Waals surface area contributed by atoms with Gasteiger partial charge in [-0.2, -0.15) is 0 Å². The number of halogens is 1. The van der Waals surface area contributed by atoms with Crippen molar-refractivity contribution in [1.29, 1.82) is 0 Å². The Morgan fingerprint density at radius 1 is 1.19 bits per heavy atom. The number of benzene rings is 2. The minimum Gasteiger partial charge on any atom is -0.491 e. The molecule has 0 spiro atoms. The second kappa shape index (κ2) is 9.35. The van der Waals surface area contributed by atoms with Crippen molar-refractivity contribution in [2.45, 2.75) is 38.7 Å². The van der Waals surface area contributed by atoms with Gasteiger partial charge in [0.2, 0.25) is 0 Å². The monoisotopic (exact) mass is 456 g/mol. The molecule has 1 fully saturated rings. The number of rotatable bonds is 8. The van der Waals surface area contributed by atoms with E-state index in [4.69, 9.17) is 30.6 Å². The molecule has 7 heteroatoms. The molecule has 0 atom stereocenters. The van der Waals surface area contributed by atoms with Crippen LogP contribution >= 0.6 is 11.6 Å². The first kappa shape index (κ1) is 22.4. The van der Waals surface area contributed by atoms with Gasteiger partial charge in [-0.1, -0.05) is 31.5 Å². The fourth-order valence-corrected chi connectivity index (χ4v) is 4.05. The van der Waals surface area contributed by atoms with Crippen LogP contribution in [0.15, 0.2) is 51.7 Å². The Balaban J connectivity index is 1.48. The van der Waals surface area contributed by atoms with Crippen molar-refractivity contribution in [2.75, 3.05) is 13.2 Å². The Morgan fingerprint density at radius 2 is 1.97 bits per heavy atom. The summed E-state index contributed by atoms with van der Waals surface area (Å²) in [4.78, 5) is 23.4. The highest BCUT2D eigenvalue weighted by molar-refractivity contribution is 6.34. The van der Waals surface area contributed by atoms with Gasteiger partial charge in [-0.05, 0) is 54.7 Å². The topological polar surface area (TPSA) is 86.0 Å². The summed E-state index contributed by atoms with van der Waals surface area (Å²) in [6, 6.07) is 12.3. The first-order valence-corrected chi connectivity index (χ1v) is 11.0. The minimum atomic E-state index is -0.757. The molecule has 0 amide bonds. The third-order valence-electron chi connectivity index (χ3n) is 5.76. The van der Waals surface area contributed by atoms with Crippen LogP contribution in [0.4, 0.5) is 0 Å². The summed E-state index contributed by atoms with van der Waals surface area (Å²) < 4.78 is 17.6. The molecule has 1 aromatic heterocycles. The quantitative estimate of drug-likeness (QED) is 0.451. The number of aliphatic carboxylic acids is 1. The number of carboxylic acid groups (broad SMARTS) is 1. The summed E-state index contributed by atoms with van der Waals surface area (Å²) in [7, 11) is 0. The smallest absolute Gasteiger partial charge is 0.306 e. The molecule has 0 bridgehead atoms. The molecular weight excluding hydrogens is 432 g/mol. The van der Waals surface area contributed by atoms with Gasteiger partial charge in [0, 0.05) is 11.6 Å². The maximum atomic E-state index is 12.5. The summed E-state index contributed by atoms with van der Waals surface area (Å²) in [5.74, 6) is 0.332. The van der Waals surface area contributed by atoms with E-state index in [9.17, 15) is 9.59 Å². The molecule has 0 unspecified atom stereocenters. The molecular formula is C25H25ClO6. The van der Waals surface area contributed by atoms with Crippen LogP contribution in [0.2, 0.25) is 5.02 Å². The Morgan fingerprint density at radius 3 is 2.69 bits per heavy atom. The van der Waals surface area contributed by atoms with Crippen molar-refractivity contribution < 1.29 is 23.8 Å². The van der Waals surface area contributed by atoms with Gasteiger partial charge in [-0.25, -0.2) is 0 Å². The molecule has 1 heterocycles. The standard InChI is InChI=1S/C25H25ClO6/c1-14(2)19-12-15(23-13-21(27)18-4-3-5-20(26)24(18)32-23)6-7-22(19)31-9-8-30-17-10-16(11-17)25(28)29/h3-7,12-14,16-17H,8-11H2,1-2H3,(H,28,29). The van der Waals surface area contributed by atoms with Crippen molar-refractivity contribution in [3.63, 3.8) is 0 Å². The van der Waals surface area contributed by atoms with Crippen LogP contribution < -0.4 is 10.2 Å². The van der Waals surface area contributed by atoms with Crippen LogP contribution in [0.3, 0.4) is 0 Å². The summed E-state index contributed by atoms with van der Waals surface area (Å²) >= 11 is 6.23. The Bertz CT molecular complexity index is 1190. The molecule has 168 valence electrons. The van der Waals surface area contributed by atoms with Crippen LogP contribution in [0.25, 0.3) is 22.3 Å². The van der Waals surface area contributed by atoms with E-state index < -0.39 is 5.97 Å². The normalized spacial score (nSPS) is 18.0. The average Bonchev–Trinajstić information content (AvgIpc) is 2.72. The first-order chi connectivity index (χ1) is 15.3. The molecule has 3 aromatic rings. The van der Waals surface area contributed by atoms with E-state index in [0.29, 0.717) is 47.8 Å². The van der Waals surface area contributed by atoms with Crippen LogP contribution in [0.1, 0.15) is 38.2 Å². The van der Waals surface area contributed by atoms with Crippen LogP contribution in [-0.4, -0.2) is 30.4 Å². The molecule has 2 aromatic carbocycles. The zero-order valence-corrected chi connectivity index (χ0v) is 18.7. The van der Waals surface area contributed by atoms with Gasteiger partial charge in [-0.15, -0.1) is 0 Å². The number of carboxylic acids is 1. The lowest BCUT2D eigenvalue weighted by Crippen LogP contribution is -2.37. The average molecular weight is 457 g/mol. The van der Waals surface area contributed by atoms with Gasteiger partial charge >= 0.3 is 5.97 Å². The fraction of sp³-hybridized carbons (Fsp3) is 0.360. The van der Waals surface area contributed by atoms with Gasteiger partial charge < -0.3 is 19.0 Å². The molecule has 1 saturated carbocycles. The second-order valence-corrected chi connectivity index (χ2v) is 8.75. The molecule has 0 radical (unpaired) electrons. The van der Waals surface area contributed by atoms with Crippen molar-refractivity contribution in [2.24, 2.45) is 5.92 Å². The van der Waals surface area contributed by atoms with Gasteiger partial charge in [0.25, 0.3) is 0 Å². The Hall–Kier alpha value is -2.83. The number of fused-ring (bicyclic) bond motifs is 1. The van der Waals surface area contributed by atoms with E-state index in [1.165, 1.54) is 6.07 Å². The molecule has 0 saturated heterocycles. The van der Waals surface area contributed by atoms with Crippen LogP contribution in [-0.2, 0) is 9.53 Å².